The number of H-pyrrole nitrogens is 1. The van der Waals surface area contributed by atoms with Crippen LogP contribution >= 0.6 is 12.2 Å². The van der Waals surface area contributed by atoms with Crippen molar-refractivity contribution in [1.82, 2.24) is 19.7 Å². The Labute approximate surface area is 120 Å². The fourth-order valence-electron chi connectivity index (χ4n) is 2.62. The van der Waals surface area contributed by atoms with Crippen molar-refractivity contribution >= 4 is 18.2 Å². The molecule has 6 heteroatoms. The summed E-state index contributed by atoms with van der Waals surface area (Å²) in [6, 6.07) is 0. The van der Waals surface area contributed by atoms with Crippen LogP contribution in [0.5, 0.6) is 0 Å². The zero-order valence-electron chi connectivity index (χ0n) is 12.2. The van der Waals surface area contributed by atoms with Gasteiger partial charge in [-0.2, -0.15) is 0 Å². The van der Waals surface area contributed by atoms with Gasteiger partial charge in [0.2, 0.25) is 5.95 Å². The Hall–Kier alpha value is -0.880. The molecule has 1 aromatic heterocycles. The van der Waals surface area contributed by atoms with E-state index in [1.54, 1.807) is 0 Å². The minimum Gasteiger partial charge on any atom is -0.338 e. The van der Waals surface area contributed by atoms with Crippen LogP contribution in [-0.2, 0) is 6.54 Å². The van der Waals surface area contributed by atoms with Crippen LogP contribution in [0, 0.1) is 10.7 Å². The van der Waals surface area contributed by atoms with Gasteiger partial charge in [-0.25, -0.2) is 5.10 Å². The van der Waals surface area contributed by atoms with Crippen LogP contribution in [0.4, 0.5) is 5.95 Å². The highest BCUT2D eigenvalue weighted by molar-refractivity contribution is 7.71. The molecule has 1 saturated heterocycles. The molecule has 0 amide bonds. The van der Waals surface area contributed by atoms with E-state index in [0.29, 0.717) is 0 Å². The molecule has 19 heavy (non-hydrogen) atoms. The van der Waals surface area contributed by atoms with Crippen molar-refractivity contribution in [3.05, 3.63) is 4.77 Å². The van der Waals surface area contributed by atoms with Gasteiger partial charge in [0.1, 0.15) is 0 Å². The van der Waals surface area contributed by atoms with Gasteiger partial charge >= 0.3 is 0 Å². The van der Waals surface area contributed by atoms with Crippen LogP contribution in [0.1, 0.15) is 27.2 Å². The van der Waals surface area contributed by atoms with Crippen molar-refractivity contribution in [1.29, 1.82) is 0 Å². The molecule has 5 nitrogen and oxygen atoms in total. The van der Waals surface area contributed by atoms with Crippen LogP contribution in [0.25, 0.3) is 0 Å². The molecule has 0 saturated carbocycles. The Kier molecular flexibility index (Phi) is 4.99. The summed E-state index contributed by atoms with van der Waals surface area (Å²) >= 11 is 5.30. The second-order valence-corrected chi connectivity index (χ2v) is 6.05. The molecule has 2 rings (SSSR count). The van der Waals surface area contributed by atoms with Gasteiger partial charge in [-0.15, -0.1) is 5.10 Å². The topological polar surface area (TPSA) is 40.1 Å². The van der Waals surface area contributed by atoms with Gasteiger partial charge in [0.25, 0.3) is 0 Å². The van der Waals surface area contributed by atoms with E-state index in [0.717, 1.165) is 55.8 Å². The van der Waals surface area contributed by atoms with E-state index >= 15 is 0 Å². The maximum absolute atomic E-state index is 5.30. The average molecular weight is 283 g/mol. The zero-order valence-corrected chi connectivity index (χ0v) is 13.0. The molecular formula is C13H25N5S. The van der Waals surface area contributed by atoms with Crippen molar-refractivity contribution in [3.63, 3.8) is 0 Å². The lowest BCUT2D eigenvalue weighted by molar-refractivity contribution is 0.230. The third kappa shape index (κ3) is 3.57. The average Bonchev–Trinajstić information content (AvgIpc) is 2.72. The molecule has 1 aliphatic rings. The molecule has 1 aliphatic heterocycles. The van der Waals surface area contributed by atoms with Gasteiger partial charge in [0, 0.05) is 39.3 Å². The van der Waals surface area contributed by atoms with E-state index in [4.69, 9.17) is 12.2 Å². The van der Waals surface area contributed by atoms with Crippen molar-refractivity contribution in [3.8, 4) is 0 Å². The quantitative estimate of drug-likeness (QED) is 0.841. The Balaban J connectivity index is 1.99. The number of hydrogen-bond acceptors (Lipinski definition) is 4. The summed E-state index contributed by atoms with van der Waals surface area (Å²) in [5.41, 5.74) is 0. The SMILES string of the molecule is CCCn1c(N2CCN(CC(C)C)CC2)n[nH]c1=S. The first-order valence-electron chi connectivity index (χ1n) is 7.24. The maximum Gasteiger partial charge on any atom is 0.225 e. The molecule has 0 aromatic carbocycles. The highest BCUT2D eigenvalue weighted by Gasteiger charge is 2.21. The third-order valence-corrected chi connectivity index (χ3v) is 3.78. The highest BCUT2D eigenvalue weighted by Crippen LogP contribution is 2.15. The number of hydrogen-bond donors (Lipinski definition) is 1. The second kappa shape index (κ2) is 6.52. The van der Waals surface area contributed by atoms with Crippen LogP contribution in [0.3, 0.4) is 0 Å². The molecular weight excluding hydrogens is 258 g/mol. The standard InChI is InChI=1S/C13H25N5S/c1-4-5-18-12(14-15-13(18)19)17-8-6-16(7-9-17)10-11(2)3/h11H,4-10H2,1-3H3,(H,15,19). The van der Waals surface area contributed by atoms with Gasteiger partial charge in [-0.3, -0.25) is 9.47 Å². The molecule has 0 bridgehead atoms. The summed E-state index contributed by atoms with van der Waals surface area (Å²) in [7, 11) is 0. The van der Waals surface area contributed by atoms with E-state index in [1.165, 1.54) is 6.54 Å². The molecule has 108 valence electrons. The zero-order chi connectivity index (χ0) is 13.8. The number of anilines is 1. The van der Waals surface area contributed by atoms with Crippen molar-refractivity contribution < 1.29 is 0 Å². The Bertz CT molecular complexity index is 442. The fraction of sp³-hybridized carbons (Fsp3) is 0.846. The smallest absolute Gasteiger partial charge is 0.225 e. The van der Waals surface area contributed by atoms with Crippen molar-refractivity contribution in [2.75, 3.05) is 37.6 Å². The lowest BCUT2D eigenvalue weighted by atomic mass is 10.2. The van der Waals surface area contributed by atoms with E-state index in [1.807, 2.05) is 0 Å². The van der Waals surface area contributed by atoms with Gasteiger partial charge in [-0.05, 0) is 24.6 Å². The molecule has 1 fully saturated rings. The minimum atomic E-state index is 0.737. The minimum absolute atomic E-state index is 0.737. The lowest BCUT2D eigenvalue weighted by Gasteiger charge is -2.35. The largest absolute Gasteiger partial charge is 0.338 e. The summed E-state index contributed by atoms with van der Waals surface area (Å²) in [5.74, 6) is 1.75. The summed E-state index contributed by atoms with van der Waals surface area (Å²) in [5, 5.41) is 7.32. The van der Waals surface area contributed by atoms with Crippen LogP contribution in [0.15, 0.2) is 0 Å². The fourth-order valence-corrected chi connectivity index (χ4v) is 2.84. The summed E-state index contributed by atoms with van der Waals surface area (Å²) in [6.07, 6.45) is 1.08. The van der Waals surface area contributed by atoms with Crippen LogP contribution in [0.2, 0.25) is 0 Å². The maximum atomic E-state index is 5.30. The predicted molar refractivity (Wildman–Crippen MR) is 81.2 cm³/mol. The van der Waals surface area contributed by atoms with E-state index < -0.39 is 0 Å². The molecule has 0 aliphatic carbocycles. The molecule has 1 N–H and O–H groups in total. The normalized spacial score (nSPS) is 17.4. The molecule has 0 radical (unpaired) electrons. The Morgan fingerprint density at radius 2 is 1.95 bits per heavy atom. The number of rotatable bonds is 5. The summed E-state index contributed by atoms with van der Waals surface area (Å²) < 4.78 is 2.86. The molecule has 0 unspecified atom stereocenters. The van der Waals surface area contributed by atoms with Gasteiger partial charge in [-0.1, -0.05) is 20.8 Å². The number of aromatic nitrogens is 3. The van der Waals surface area contributed by atoms with E-state index in [2.05, 4.69) is 45.3 Å². The second-order valence-electron chi connectivity index (χ2n) is 5.66. The summed E-state index contributed by atoms with van der Waals surface area (Å²) in [6.45, 7) is 13.2. The molecule has 0 atom stereocenters. The number of nitrogens with zero attached hydrogens (tertiary/aromatic N) is 4. The third-order valence-electron chi connectivity index (χ3n) is 3.46. The van der Waals surface area contributed by atoms with Crippen LogP contribution < -0.4 is 4.90 Å². The first-order valence-corrected chi connectivity index (χ1v) is 7.65. The Morgan fingerprint density at radius 1 is 1.26 bits per heavy atom. The summed E-state index contributed by atoms with van der Waals surface area (Å²) in [4.78, 5) is 4.88. The van der Waals surface area contributed by atoms with Crippen molar-refractivity contribution in [2.24, 2.45) is 5.92 Å². The molecule has 2 heterocycles. The van der Waals surface area contributed by atoms with E-state index in [9.17, 15) is 0 Å². The van der Waals surface area contributed by atoms with Gasteiger partial charge in [0.15, 0.2) is 4.77 Å². The van der Waals surface area contributed by atoms with E-state index in [-0.39, 0.29) is 0 Å². The number of aromatic amines is 1. The first kappa shape index (κ1) is 14.5. The van der Waals surface area contributed by atoms with Crippen LogP contribution in [-0.4, -0.2) is 52.4 Å². The number of piperazine rings is 1. The van der Waals surface area contributed by atoms with Gasteiger partial charge in [0.05, 0.1) is 0 Å². The lowest BCUT2D eigenvalue weighted by Crippen LogP contribution is -2.48. The van der Waals surface area contributed by atoms with Gasteiger partial charge < -0.3 is 4.90 Å². The monoisotopic (exact) mass is 283 g/mol. The molecule has 1 aromatic rings. The Morgan fingerprint density at radius 3 is 2.53 bits per heavy atom. The first-order chi connectivity index (χ1) is 9.11. The molecule has 0 spiro atoms. The van der Waals surface area contributed by atoms with Crippen molar-refractivity contribution in [2.45, 2.75) is 33.7 Å². The highest BCUT2D eigenvalue weighted by atomic mass is 32.1. The number of nitrogens with one attached hydrogen (secondary N) is 1. The predicted octanol–water partition coefficient (Wildman–Crippen LogP) is 2.13.